The number of likely N-dealkylation sites (tertiary alicyclic amines) is 1. The maximum atomic E-state index is 13.6. The molecule has 1 aromatic rings. The highest BCUT2D eigenvalue weighted by Crippen LogP contribution is 2.33. The number of amides is 1. The fourth-order valence-corrected chi connectivity index (χ4v) is 3.41. The second kappa shape index (κ2) is 8.42. The molecule has 1 aliphatic rings. The van der Waals surface area contributed by atoms with Gasteiger partial charge < -0.3 is 15.5 Å². The highest BCUT2D eigenvalue weighted by Gasteiger charge is 2.39. The summed E-state index contributed by atoms with van der Waals surface area (Å²) in [6.45, 7) is 7.89. The minimum absolute atomic E-state index is 0.0148. The highest BCUT2D eigenvalue weighted by molar-refractivity contribution is 7.80. The molecule has 1 saturated heterocycles. The van der Waals surface area contributed by atoms with Crippen molar-refractivity contribution in [2.24, 2.45) is 5.92 Å². The molecule has 1 fully saturated rings. The Morgan fingerprint density at radius 3 is 2.79 bits per heavy atom. The predicted octanol–water partition coefficient (Wildman–Crippen LogP) is 2.65. The van der Waals surface area contributed by atoms with Crippen molar-refractivity contribution in [1.29, 1.82) is 0 Å². The molecule has 0 saturated carbocycles. The fraction of sp³-hybridized carbons (Fsp3) is 0.556. The van der Waals surface area contributed by atoms with E-state index < -0.39 is 0 Å². The van der Waals surface area contributed by atoms with Crippen LogP contribution in [0, 0.1) is 11.7 Å². The van der Waals surface area contributed by atoms with Gasteiger partial charge in [-0.05, 0) is 50.2 Å². The molecule has 4 nitrogen and oxygen atoms in total. The molecule has 0 aromatic heterocycles. The molecule has 1 heterocycles. The van der Waals surface area contributed by atoms with Gasteiger partial charge >= 0.3 is 0 Å². The molecule has 2 N–H and O–H groups in total. The third-order valence-electron chi connectivity index (χ3n) is 4.18. The van der Waals surface area contributed by atoms with Crippen molar-refractivity contribution in [1.82, 2.24) is 15.5 Å². The second-order valence-electron chi connectivity index (χ2n) is 6.57. The van der Waals surface area contributed by atoms with E-state index in [-0.39, 0.29) is 29.6 Å². The summed E-state index contributed by atoms with van der Waals surface area (Å²) in [5, 5.41) is 6.84. The van der Waals surface area contributed by atoms with Crippen molar-refractivity contribution in [2.75, 3.05) is 19.6 Å². The van der Waals surface area contributed by atoms with Crippen LogP contribution in [-0.2, 0) is 4.79 Å². The van der Waals surface area contributed by atoms with Crippen LogP contribution in [0.5, 0.6) is 0 Å². The van der Waals surface area contributed by atoms with Crippen molar-refractivity contribution in [3.05, 3.63) is 35.6 Å². The summed E-state index contributed by atoms with van der Waals surface area (Å²) in [6, 6.07) is 6.76. The number of nitrogens with one attached hydrogen (secondary N) is 2. The Kier molecular flexibility index (Phi) is 6.54. The lowest BCUT2D eigenvalue weighted by Crippen LogP contribution is -2.42. The number of hydrogen-bond acceptors (Lipinski definition) is 2. The first-order valence-corrected chi connectivity index (χ1v) is 8.91. The number of thiocarbonyl (C=S) groups is 1. The molecule has 1 aromatic carbocycles. The zero-order chi connectivity index (χ0) is 17.7. The number of nitrogens with zero attached hydrogens (tertiary/aromatic N) is 1. The number of carbonyl (C=O) groups excluding carboxylic acids is 1. The van der Waals surface area contributed by atoms with Gasteiger partial charge in [0.15, 0.2) is 5.11 Å². The van der Waals surface area contributed by atoms with E-state index in [1.165, 1.54) is 12.1 Å². The smallest absolute Gasteiger partial charge is 0.225 e. The third kappa shape index (κ3) is 4.66. The van der Waals surface area contributed by atoms with Crippen molar-refractivity contribution in [2.45, 2.75) is 39.2 Å². The Hall–Kier alpha value is -1.69. The van der Waals surface area contributed by atoms with Crippen LogP contribution in [0.15, 0.2) is 24.3 Å². The molecule has 0 unspecified atom stereocenters. The van der Waals surface area contributed by atoms with Gasteiger partial charge in [-0.25, -0.2) is 4.39 Å². The third-order valence-corrected chi connectivity index (χ3v) is 4.56. The van der Waals surface area contributed by atoms with E-state index in [1.807, 2.05) is 31.7 Å². The molecule has 2 rings (SSSR count). The summed E-state index contributed by atoms with van der Waals surface area (Å²) in [6.07, 6.45) is 0.889. The van der Waals surface area contributed by atoms with Crippen LogP contribution in [0.3, 0.4) is 0 Å². The summed E-state index contributed by atoms with van der Waals surface area (Å²) in [5.41, 5.74) is 0.849. The minimum Gasteiger partial charge on any atom is -0.360 e. The maximum absolute atomic E-state index is 13.6. The molecule has 2 atom stereocenters. The fourth-order valence-electron chi connectivity index (χ4n) is 3.03. The van der Waals surface area contributed by atoms with E-state index >= 15 is 0 Å². The Morgan fingerprint density at radius 2 is 2.17 bits per heavy atom. The van der Waals surface area contributed by atoms with Gasteiger partial charge in [-0.1, -0.05) is 19.1 Å². The summed E-state index contributed by atoms with van der Waals surface area (Å²) >= 11 is 5.45. The number of carbonyl (C=O) groups is 1. The highest BCUT2D eigenvalue weighted by atomic mass is 32.1. The Bertz CT molecular complexity index is 593. The number of rotatable bonds is 5. The molecular formula is C18H26FN3OS. The summed E-state index contributed by atoms with van der Waals surface area (Å²) < 4.78 is 13.6. The van der Waals surface area contributed by atoms with Crippen molar-refractivity contribution in [3.63, 3.8) is 0 Å². The lowest BCUT2D eigenvalue weighted by atomic mass is 9.88. The van der Waals surface area contributed by atoms with Crippen LogP contribution in [0.2, 0.25) is 0 Å². The quantitative estimate of drug-likeness (QED) is 0.801. The molecule has 1 amide bonds. The van der Waals surface area contributed by atoms with E-state index in [2.05, 4.69) is 10.6 Å². The molecule has 132 valence electrons. The maximum Gasteiger partial charge on any atom is 0.225 e. The first-order valence-electron chi connectivity index (χ1n) is 8.51. The SMILES string of the molecule is CCCNC(=O)[C@@H]1CN(C(=S)NC(C)C)C[C@H]1c1cccc(F)c1. The van der Waals surface area contributed by atoms with Crippen molar-refractivity contribution < 1.29 is 9.18 Å². The van der Waals surface area contributed by atoms with Gasteiger partial charge in [-0.15, -0.1) is 0 Å². The lowest BCUT2D eigenvalue weighted by Gasteiger charge is -2.22. The van der Waals surface area contributed by atoms with E-state index in [0.717, 1.165) is 12.0 Å². The van der Waals surface area contributed by atoms with Gasteiger partial charge in [-0.2, -0.15) is 0 Å². The summed E-state index contributed by atoms with van der Waals surface area (Å²) in [5.74, 6) is -0.558. The molecule has 1 aliphatic heterocycles. The van der Waals surface area contributed by atoms with Gasteiger partial charge in [0.2, 0.25) is 5.91 Å². The normalized spacial score (nSPS) is 20.3. The van der Waals surface area contributed by atoms with E-state index in [1.54, 1.807) is 6.07 Å². The Balaban J connectivity index is 2.20. The molecular weight excluding hydrogens is 325 g/mol. The van der Waals surface area contributed by atoms with Gasteiger partial charge in [0.1, 0.15) is 5.82 Å². The minimum atomic E-state index is -0.276. The largest absolute Gasteiger partial charge is 0.360 e. The van der Waals surface area contributed by atoms with Crippen LogP contribution in [-0.4, -0.2) is 41.6 Å². The molecule has 6 heteroatoms. The molecule has 0 spiro atoms. The molecule has 0 aliphatic carbocycles. The number of hydrogen-bond donors (Lipinski definition) is 2. The van der Waals surface area contributed by atoms with E-state index in [9.17, 15) is 9.18 Å². The van der Waals surface area contributed by atoms with Gasteiger partial charge in [0.05, 0.1) is 5.92 Å². The standard InChI is InChI=1S/C18H26FN3OS/c1-4-8-20-17(23)16-11-22(18(24)21-12(2)3)10-15(16)13-6-5-7-14(19)9-13/h5-7,9,12,15-16H,4,8,10-11H2,1-3H3,(H,20,23)(H,21,24)/t15-,16+/m0/s1. The van der Waals surface area contributed by atoms with Gasteiger partial charge in [0, 0.05) is 31.6 Å². The second-order valence-corrected chi connectivity index (χ2v) is 6.95. The topological polar surface area (TPSA) is 44.4 Å². The average molecular weight is 351 g/mol. The number of benzene rings is 1. The lowest BCUT2D eigenvalue weighted by molar-refractivity contribution is -0.124. The summed E-state index contributed by atoms with van der Waals surface area (Å²) in [4.78, 5) is 14.6. The summed E-state index contributed by atoms with van der Waals surface area (Å²) in [7, 11) is 0. The van der Waals surface area contributed by atoms with E-state index in [4.69, 9.17) is 12.2 Å². The molecule has 24 heavy (non-hydrogen) atoms. The predicted molar refractivity (Wildman–Crippen MR) is 98.4 cm³/mol. The number of halogens is 1. The van der Waals surface area contributed by atoms with Crippen molar-refractivity contribution >= 4 is 23.2 Å². The van der Waals surface area contributed by atoms with Crippen LogP contribution in [0.4, 0.5) is 4.39 Å². The van der Waals surface area contributed by atoms with E-state index in [0.29, 0.717) is 24.7 Å². The van der Waals surface area contributed by atoms with Gasteiger partial charge in [-0.3, -0.25) is 4.79 Å². The monoisotopic (exact) mass is 351 g/mol. The Morgan fingerprint density at radius 1 is 1.42 bits per heavy atom. The van der Waals surface area contributed by atoms with Crippen LogP contribution < -0.4 is 10.6 Å². The van der Waals surface area contributed by atoms with Crippen LogP contribution in [0.1, 0.15) is 38.7 Å². The molecule has 0 bridgehead atoms. The van der Waals surface area contributed by atoms with Gasteiger partial charge in [0.25, 0.3) is 0 Å². The zero-order valence-electron chi connectivity index (χ0n) is 14.5. The van der Waals surface area contributed by atoms with Crippen LogP contribution >= 0.6 is 12.2 Å². The average Bonchev–Trinajstić information content (AvgIpc) is 2.97. The first kappa shape index (κ1) is 18.6. The van der Waals surface area contributed by atoms with Crippen molar-refractivity contribution in [3.8, 4) is 0 Å². The zero-order valence-corrected chi connectivity index (χ0v) is 15.3. The first-order chi connectivity index (χ1) is 11.4. The van der Waals surface area contributed by atoms with Crippen LogP contribution in [0.25, 0.3) is 0 Å². The Labute approximate surface area is 148 Å². The molecule has 0 radical (unpaired) electrons.